The van der Waals surface area contributed by atoms with Gasteiger partial charge in [0.25, 0.3) is 0 Å². The molecule has 0 aromatic carbocycles. The van der Waals surface area contributed by atoms with Crippen molar-refractivity contribution in [3.63, 3.8) is 0 Å². The molecule has 2 amide bonds. The highest BCUT2D eigenvalue weighted by Gasteiger charge is 2.20. The number of carboxylic acids is 1. The number of carbonyl (C=O) groups is 2. The molecule has 0 radical (unpaired) electrons. The average Bonchev–Trinajstić information content (AvgIpc) is 2.52. The number of carboxylic acid groups (broad SMARTS) is 1. The van der Waals surface area contributed by atoms with Gasteiger partial charge < -0.3 is 15.3 Å². The van der Waals surface area contributed by atoms with Crippen LogP contribution in [0, 0.1) is 0 Å². The summed E-state index contributed by atoms with van der Waals surface area (Å²) in [7, 11) is -3.59. The van der Waals surface area contributed by atoms with Gasteiger partial charge in [0.15, 0.2) is 0 Å². The van der Waals surface area contributed by atoms with E-state index in [0.717, 1.165) is 0 Å². The molecule has 10 heteroatoms. The Bertz CT molecular complexity index is 453. The van der Waals surface area contributed by atoms with E-state index in [1.54, 1.807) is 9.80 Å². The van der Waals surface area contributed by atoms with Crippen LogP contribution in [0.5, 0.6) is 0 Å². The fraction of sp³-hybridized carbons (Fsp3) is 0.800. The number of sulfonamides is 1. The smallest absolute Gasteiger partial charge is 0.317 e. The van der Waals surface area contributed by atoms with Crippen molar-refractivity contribution in [1.82, 2.24) is 15.1 Å². The second kappa shape index (κ2) is 7.41. The molecule has 1 aliphatic heterocycles. The molecule has 1 fully saturated rings. The number of carbonyl (C=O) groups excluding carboxylic acids is 1. The van der Waals surface area contributed by atoms with Gasteiger partial charge in [0.2, 0.25) is 10.0 Å². The first kappa shape index (κ1) is 16.7. The third-order valence-electron chi connectivity index (χ3n) is 2.90. The fourth-order valence-electron chi connectivity index (χ4n) is 1.94. The molecule has 1 aliphatic rings. The van der Waals surface area contributed by atoms with Gasteiger partial charge >= 0.3 is 12.0 Å². The minimum absolute atomic E-state index is 0.0347. The highest BCUT2D eigenvalue weighted by Crippen LogP contribution is 2.03. The molecule has 0 saturated carbocycles. The molecule has 1 heterocycles. The number of primary sulfonamides is 1. The van der Waals surface area contributed by atoms with Crippen LogP contribution in [-0.2, 0) is 14.8 Å². The van der Waals surface area contributed by atoms with E-state index in [-0.39, 0.29) is 24.9 Å². The minimum atomic E-state index is -3.59. The van der Waals surface area contributed by atoms with E-state index in [9.17, 15) is 18.0 Å². The van der Waals surface area contributed by atoms with Crippen molar-refractivity contribution in [2.24, 2.45) is 5.14 Å². The van der Waals surface area contributed by atoms with Crippen molar-refractivity contribution in [1.29, 1.82) is 0 Å². The number of nitrogens with two attached hydrogens (primary N) is 1. The Labute approximate surface area is 117 Å². The van der Waals surface area contributed by atoms with Gasteiger partial charge in [-0.15, -0.1) is 0 Å². The predicted octanol–water partition coefficient (Wildman–Crippen LogP) is -1.92. The number of hydrogen-bond acceptors (Lipinski definition) is 5. The Hall–Kier alpha value is -1.39. The maximum Gasteiger partial charge on any atom is 0.317 e. The maximum atomic E-state index is 11.8. The largest absolute Gasteiger partial charge is 0.480 e. The van der Waals surface area contributed by atoms with E-state index < -0.39 is 16.0 Å². The molecule has 9 nitrogen and oxygen atoms in total. The number of hydrogen-bond donors (Lipinski definition) is 3. The molecule has 0 aromatic heterocycles. The quantitative estimate of drug-likeness (QED) is 0.542. The van der Waals surface area contributed by atoms with Crippen molar-refractivity contribution >= 4 is 22.0 Å². The highest BCUT2D eigenvalue weighted by atomic mass is 32.2. The van der Waals surface area contributed by atoms with Gasteiger partial charge in [-0.1, -0.05) is 0 Å². The third kappa shape index (κ3) is 6.68. The number of urea groups is 1. The molecule has 1 saturated heterocycles. The summed E-state index contributed by atoms with van der Waals surface area (Å²) < 4.78 is 21.5. The van der Waals surface area contributed by atoms with Gasteiger partial charge in [-0.25, -0.2) is 18.4 Å². The number of nitrogens with zero attached hydrogens (tertiary/aromatic N) is 2. The second-order valence-corrected chi connectivity index (χ2v) is 6.34. The standard InChI is InChI=1S/C10H20N4O5S/c11-20(18,19)7-2-12-10(17)14-4-1-3-13(5-6-14)8-9(15)16/h1-8H2,(H,12,17)(H,15,16)(H2,11,18,19). The van der Waals surface area contributed by atoms with Crippen LogP contribution in [-0.4, -0.2) is 80.3 Å². The third-order valence-corrected chi connectivity index (χ3v) is 3.67. The summed E-state index contributed by atoms with van der Waals surface area (Å²) in [6.45, 7) is 1.95. The van der Waals surface area contributed by atoms with Crippen LogP contribution in [0.15, 0.2) is 0 Å². The Morgan fingerprint density at radius 1 is 1.20 bits per heavy atom. The molecule has 0 spiro atoms. The highest BCUT2D eigenvalue weighted by molar-refractivity contribution is 7.89. The lowest BCUT2D eigenvalue weighted by molar-refractivity contribution is -0.138. The van der Waals surface area contributed by atoms with Gasteiger partial charge in [0, 0.05) is 32.7 Å². The van der Waals surface area contributed by atoms with E-state index in [1.807, 2.05) is 0 Å². The van der Waals surface area contributed by atoms with Gasteiger partial charge in [0.05, 0.1) is 12.3 Å². The van der Waals surface area contributed by atoms with E-state index in [1.165, 1.54) is 0 Å². The zero-order chi connectivity index (χ0) is 15.2. The Kier molecular flexibility index (Phi) is 6.17. The van der Waals surface area contributed by atoms with E-state index in [4.69, 9.17) is 10.2 Å². The Balaban J connectivity index is 2.36. The lowest BCUT2D eigenvalue weighted by atomic mass is 10.4. The van der Waals surface area contributed by atoms with E-state index in [2.05, 4.69) is 5.32 Å². The number of amides is 2. The molecule has 116 valence electrons. The van der Waals surface area contributed by atoms with Gasteiger partial charge in [-0.05, 0) is 6.42 Å². The molecular weight excluding hydrogens is 288 g/mol. The van der Waals surface area contributed by atoms with Crippen molar-refractivity contribution in [3.05, 3.63) is 0 Å². The molecule has 4 N–H and O–H groups in total. The van der Waals surface area contributed by atoms with Crippen molar-refractivity contribution in [2.45, 2.75) is 6.42 Å². The topological polar surface area (TPSA) is 133 Å². The lowest BCUT2D eigenvalue weighted by Gasteiger charge is -2.21. The van der Waals surface area contributed by atoms with Crippen LogP contribution in [0.4, 0.5) is 4.79 Å². The van der Waals surface area contributed by atoms with Gasteiger partial charge in [-0.3, -0.25) is 9.69 Å². The van der Waals surface area contributed by atoms with Crippen LogP contribution >= 0.6 is 0 Å². The molecule has 20 heavy (non-hydrogen) atoms. The summed E-state index contributed by atoms with van der Waals surface area (Å²) in [6, 6.07) is -0.356. The Morgan fingerprint density at radius 3 is 2.50 bits per heavy atom. The van der Waals surface area contributed by atoms with Crippen LogP contribution in [0.3, 0.4) is 0 Å². The van der Waals surface area contributed by atoms with Crippen molar-refractivity contribution in [2.75, 3.05) is 45.0 Å². The fourth-order valence-corrected chi connectivity index (χ4v) is 2.32. The molecular formula is C10H20N4O5S. The number of nitrogens with one attached hydrogen (secondary N) is 1. The van der Waals surface area contributed by atoms with Crippen molar-refractivity contribution < 1.29 is 23.1 Å². The van der Waals surface area contributed by atoms with E-state index >= 15 is 0 Å². The van der Waals surface area contributed by atoms with Crippen LogP contribution in [0.2, 0.25) is 0 Å². The molecule has 0 unspecified atom stereocenters. The first-order chi connectivity index (χ1) is 9.28. The van der Waals surface area contributed by atoms with Crippen LogP contribution in [0.1, 0.15) is 6.42 Å². The first-order valence-electron chi connectivity index (χ1n) is 6.25. The Morgan fingerprint density at radius 2 is 1.90 bits per heavy atom. The lowest BCUT2D eigenvalue weighted by Crippen LogP contribution is -2.44. The predicted molar refractivity (Wildman–Crippen MR) is 71.6 cm³/mol. The number of aliphatic carboxylic acids is 1. The van der Waals surface area contributed by atoms with Crippen LogP contribution < -0.4 is 10.5 Å². The molecule has 1 rings (SSSR count). The minimum Gasteiger partial charge on any atom is -0.480 e. The summed E-state index contributed by atoms with van der Waals surface area (Å²) in [5.74, 6) is -1.20. The molecule has 0 aliphatic carbocycles. The normalized spacial score (nSPS) is 17.6. The molecule has 0 atom stereocenters. The van der Waals surface area contributed by atoms with Crippen molar-refractivity contribution in [3.8, 4) is 0 Å². The monoisotopic (exact) mass is 308 g/mol. The SMILES string of the molecule is NS(=O)(=O)CCNC(=O)N1CCCN(CC(=O)O)CC1. The van der Waals surface area contributed by atoms with Gasteiger partial charge in [0.1, 0.15) is 0 Å². The maximum absolute atomic E-state index is 11.8. The molecule has 0 bridgehead atoms. The summed E-state index contributed by atoms with van der Waals surface area (Å²) >= 11 is 0. The summed E-state index contributed by atoms with van der Waals surface area (Å²) in [5, 5.41) is 16.0. The first-order valence-corrected chi connectivity index (χ1v) is 7.97. The van der Waals surface area contributed by atoms with Gasteiger partial charge in [-0.2, -0.15) is 0 Å². The number of rotatable bonds is 5. The van der Waals surface area contributed by atoms with Crippen LogP contribution in [0.25, 0.3) is 0 Å². The summed E-state index contributed by atoms with van der Waals surface area (Å²) in [6.07, 6.45) is 0.676. The average molecular weight is 308 g/mol. The summed E-state index contributed by atoms with van der Waals surface area (Å²) in [4.78, 5) is 25.7. The zero-order valence-corrected chi connectivity index (χ0v) is 11.9. The zero-order valence-electron chi connectivity index (χ0n) is 11.1. The van der Waals surface area contributed by atoms with E-state index in [0.29, 0.717) is 32.6 Å². The molecule has 0 aromatic rings. The second-order valence-electron chi connectivity index (χ2n) is 4.61. The summed E-state index contributed by atoms with van der Waals surface area (Å²) in [5.41, 5.74) is 0.